The molecule has 2 rings (SSSR count). The van der Waals surface area contributed by atoms with Gasteiger partial charge >= 0.3 is 5.97 Å². The van der Waals surface area contributed by atoms with Crippen LogP contribution in [0.2, 0.25) is 0 Å². The van der Waals surface area contributed by atoms with Crippen molar-refractivity contribution in [2.75, 3.05) is 17.2 Å². The van der Waals surface area contributed by atoms with E-state index in [2.05, 4.69) is 22.9 Å². The third-order valence-electron chi connectivity index (χ3n) is 8.38. The van der Waals surface area contributed by atoms with Crippen molar-refractivity contribution in [1.82, 2.24) is 5.32 Å². The minimum Gasteiger partial charge on any atom is -0.478 e. The Hall–Kier alpha value is -3.72. The predicted octanol–water partition coefficient (Wildman–Crippen LogP) is 8.45. The maximum Gasteiger partial charge on any atom is 0.335 e. The van der Waals surface area contributed by atoms with Gasteiger partial charge in [-0.2, -0.15) is 0 Å². The maximum absolute atomic E-state index is 13.0. The lowest BCUT2D eigenvalue weighted by Gasteiger charge is -2.19. The third-order valence-corrected chi connectivity index (χ3v) is 8.38. The van der Waals surface area contributed by atoms with Crippen molar-refractivity contribution < 1.29 is 24.3 Å². The lowest BCUT2D eigenvalue weighted by atomic mass is 10.0. The number of unbranched alkanes of at least 4 members (excludes halogenated alkanes) is 15. The summed E-state index contributed by atoms with van der Waals surface area (Å²) in [6.07, 6.45) is 21.4. The number of rotatable bonds is 26. The third kappa shape index (κ3) is 17.7. The Morgan fingerprint density at radius 3 is 1.79 bits per heavy atom. The number of carboxylic acids is 1. The Morgan fingerprint density at radius 1 is 0.660 bits per heavy atom. The molecule has 2 aromatic rings. The van der Waals surface area contributed by atoms with E-state index < -0.39 is 23.8 Å². The first-order valence-corrected chi connectivity index (χ1v) is 17.9. The van der Waals surface area contributed by atoms with Crippen LogP contribution in [0.15, 0.2) is 48.5 Å². The second kappa shape index (κ2) is 24.5. The topological polar surface area (TPSA) is 151 Å². The minimum atomic E-state index is -1.10. The molecule has 0 bridgehead atoms. The first kappa shape index (κ1) is 39.5. The Balaban J connectivity index is 1.67. The van der Waals surface area contributed by atoms with Gasteiger partial charge < -0.3 is 26.8 Å². The van der Waals surface area contributed by atoms with Gasteiger partial charge in [0.1, 0.15) is 6.04 Å². The van der Waals surface area contributed by atoms with E-state index in [-0.39, 0.29) is 11.5 Å². The Labute approximate surface area is 281 Å². The molecule has 0 heterocycles. The number of nitrogens with two attached hydrogens (primary N) is 1. The molecule has 0 saturated carbocycles. The summed E-state index contributed by atoms with van der Waals surface area (Å²) in [5.41, 5.74) is 6.96. The van der Waals surface area contributed by atoms with Crippen LogP contribution in [-0.2, 0) is 9.59 Å². The van der Waals surface area contributed by atoms with E-state index in [1.807, 2.05) is 0 Å². The molecule has 0 aromatic heterocycles. The summed E-state index contributed by atoms with van der Waals surface area (Å²) in [4.78, 5) is 49.8. The highest BCUT2D eigenvalue weighted by atomic mass is 16.4. The summed E-state index contributed by atoms with van der Waals surface area (Å²) in [6, 6.07) is 11.7. The molecule has 0 radical (unpaired) electrons. The number of amides is 3. The molecule has 47 heavy (non-hydrogen) atoms. The van der Waals surface area contributed by atoms with Crippen LogP contribution in [0.5, 0.6) is 0 Å². The van der Waals surface area contributed by atoms with Crippen molar-refractivity contribution in [2.24, 2.45) is 5.73 Å². The quantitative estimate of drug-likeness (QED) is 0.0645. The fraction of sp³-hybridized carbons (Fsp3) is 0.579. The van der Waals surface area contributed by atoms with Crippen LogP contribution in [0.1, 0.15) is 150 Å². The molecule has 0 aliphatic carbocycles. The fourth-order valence-electron chi connectivity index (χ4n) is 5.55. The van der Waals surface area contributed by atoms with Gasteiger partial charge in [0.05, 0.1) is 5.56 Å². The van der Waals surface area contributed by atoms with Gasteiger partial charge in [-0.05, 0) is 74.7 Å². The number of benzene rings is 2. The van der Waals surface area contributed by atoms with E-state index in [0.29, 0.717) is 49.2 Å². The van der Waals surface area contributed by atoms with Crippen molar-refractivity contribution in [3.63, 3.8) is 0 Å². The summed E-state index contributed by atoms with van der Waals surface area (Å²) in [7, 11) is 0. The van der Waals surface area contributed by atoms with Crippen LogP contribution >= 0.6 is 0 Å². The van der Waals surface area contributed by atoms with E-state index in [1.165, 1.54) is 89.2 Å². The maximum atomic E-state index is 13.0. The van der Waals surface area contributed by atoms with Crippen molar-refractivity contribution >= 4 is 35.1 Å². The van der Waals surface area contributed by atoms with E-state index in [4.69, 9.17) is 5.73 Å². The van der Waals surface area contributed by atoms with Crippen LogP contribution < -0.4 is 21.7 Å². The number of carbonyl (C=O) groups is 4. The normalized spacial score (nSPS) is 11.5. The first-order valence-electron chi connectivity index (χ1n) is 17.9. The number of hydrogen-bond donors (Lipinski definition) is 5. The van der Waals surface area contributed by atoms with Crippen LogP contribution in [0.3, 0.4) is 0 Å². The van der Waals surface area contributed by atoms with Crippen molar-refractivity contribution in [3.05, 3.63) is 59.7 Å². The molecule has 0 fully saturated rings. The van der Waals surface area contributed by atoms with Crippen LogP contribution in [0, 0.1) is 0 Å². The fourth-order valence-corrected chi connectivity index (χ4v) is 5.55. The number of aromatic carboxylic acids is 1. The van der Waals surface area contributed by atoms with E-state index >= 15 is 0 Å². The standard InChI is InChI=1S/C38H58N4O5/c1-2-3-4-5-6-7-8-9-10-11-12-13-14-15-16-23-35(43)40-32-26-24-30(25-27-32)36(44)42-34(22-17-18-28-39)37(45)41-33-21-19-20-31(29-33)38(46)47/h19-21,24-27,29,34H,2-18,22-23,28,39H2,1H3,(H,40,43)(H,41,45)(H,42,44)(H,46,47)/t34-/m0/s1. The number of nitrogens with one attached hydrogen (secondary N) is 3. The summed E-state index contributed by atoms with van der Waals surface area (Å²) in [5.74, 6) is -2.01. The zero-order chi connectivity index (χ0) is 34.1. The molecule has 1 atom stereocenters. The molecule has 260 valence electrons. The van der Waals surface area contributed by atoms with E-state index in [1.54, 1.807) is 36.4 Å². The molecule has 9 heteroatoms. The molecule has 0 aliphatic rings. The Kier molecular flexibility index (Phi) is 20.5. The minimum absolute atomic E-state index is 0.0412. The number of carbonyl (C=O) groups excluding carboxylic acids is 3. The highest BCUT2D eigenvalue weighted by Crippen LogP contribution is 2.16. The molecular formula is C38H58N4O5. The molecule has 3 amide bonds. The van der Waals surface area contributed by atoms with Gasteiger partial charge in [-0.15, -0.1) is 0 Å². The Morgan fingerprint density at radius 2 is 1.23 bits per heavy atom. The van der Waals surface area contributed by atoms with Gasteiger partial charge in [0.2, 0.25) is 11.8 Å². The average molecular weight is 651 g/mol. The van der Waals surface area contributed by atoms with Gasteiger partial charge in [0, 0.05) is 23.4 Å². The molecule has 0 unspecified atom stereocenters. The lowest BCUT2D eigenvalue weighted by molar-refractivity contribution is -0.118. The zero-order valence-electron chi connectivity index (χ0n) is 28.5. The van der Waals surface area contributed by atoms with Gasteiger partial charge in [-0.3, -0.25) is 14.4 Å². The summed E-state index contributed by atoms with van der Waals surface area (Å²) < 4.78 is 0. The molecule has 2 aromatic carbocycles. The molecule has 0 saturated heterocycles. The Bertz CT molecular complexity index is 1200. The van der Waals surface area contributed by atoms with Crippen molar-refractivity contribution in [2.45, 2.75) is 135 Å². The van der Waals surface area contributed by atoms with Gasteiger partial charge in [0.25, 0.3) is 5.91 Å². The van der Waals surface area contributed by atoms with E-state index in [9.17, 15) is 24.3 Å². The largest absolute Gasteiger partial charge is 0.478 e. The SMILES string of the molecule is CCCCCCCCCCCCCCCCCC(=O)Nc1ccc(C(=O)N[C@@H](CCCCN)C(=O)Nc2cccc(C(=O)O)c2)cc1. The second-order valence-electron chi connectivity index (χ2n) is 12.5. The lowest BCUT2D eigenvalue weighted by Crippen LogP contribution is -2.43. The van der Waals surface area contributed by atoms with Crippen LogP contribution in [0.4, 0.5) is 11.4 Å². The smallest absolute Gasteiger partial charge is 0.335 e. The van der Waals surface area contributed by atoms with E-state index in [0.717, 1.165) is 19.3 Å². The molecule has 0 spiro atoms. The molecule has 9 nitrogen and oxygen atoms in total. The molecule has 0 aliphatic heterocycles. The zero-order valence-corrected chi connectivity index (χ0v) is 28.5. The van der Waals surface area contributed by atoms with Gasteiger partial charge in [-0.25, -0.2) is 4.79 Å². The van der Waals surface area contributed by atoms with Gasteiger partial charge in [0.15, 0.2) is 0 Å². The van der Waals surface area contributed by atoms with Crippen LogP contribution in [0.25, 0.3) is 0 Å². The predicted molar refractivity (Wildman–Crippen MR) is 191 cm³/mol. The molecule has 6 N–H and O–H groups in total. The first-order chi connectivity index (χ1) is 22.8. The summed E-state index contributed by atoms with van der Waals surface area (Å²) in [5, 5.41) is 17.6. The van der Waals surface area contributed by atoms with Crippen molar-refractivity contribution in [1.29, 1.82) is 0 Å². The second-order valence-corrected chi connectivity index (χ2v) is 12.5. The number of anilines is 2. The number of hydrogen-bond acceptors (Lipinski definition) is 5. The average Bonchev–Trinajstić information content (AvgIpc) is 3.06. The summed E-state index contributed by atoms with van der Waals surface area (Å²) in [6.45, 7) is 2.73. The van der Waals surface area contributed by atoms with Crippen LogP contribution in [-0.4, -0.2) is 41.4 Å². The molecular weight excluding hydrogens is 592 g/mol. The van der Waals surface area contributed by atoms with Crippen molar-refractivity contribution in [3.8, 4) is 0 Å². The summed E-state index contributed by atoms with van der Waals surface area (Å²) >= 11 is 0. The van der Waals surface area contributed by atoms with Gasteiger partial charge in [-0.1, -0.05) is 103 Å². The highest BCUT2D eigenvalue weighted by molar-refractivity contribution is 6.02. The number of carboxylic acid groups (broad SMARTS) is 1. The monoisotopic (exact) mass is 650 g/mol. The highest BCUT2D eigenvalue weighted by Gasteiger charge is 2.22.